The van der Waals surface area contributed by atoms with E-state index in [1.54, 1.807) is 6.21 Å². The van der Waals surface area contributed by atoms with Crippen molar-refractivity contribution in [1.82, 2.24) is 0 Å². The van der Waals surface area contributed by atoms with E-state index in [0.717, 1.165) is 27.8 Å². The monoisotopic (exact) mass is 436 g/mol. The van der Waals surface area contributed by atoms with Gasteiger partial charge < -0.3 is 10.1 Å². The highest BCUT2D eigenvalue weighted by Gasteiger charge is 2.07. The van der Waals surface area contributed by atoms with Gasteiger partial charge in [-0.15, -0.1) is 0 Å². The van der Waals surface area contributed by atoms with Crippen molar-refractivity contribution in [2.24, 2.45) is 4.99 Å². The van der Waals surface area contributed by atoms with E-state index in [9.17, 15) is 4.79 Å². The molecule has 0 saturated heterocycles. The van der Waals surface area contributed by atoms with Crippen molar-refractivity contribution in [2.75, 3.05) is 11.9 Å². The van der Waals surface area contributed by atoms with E-state index in [1.807, 2.05) is 60.7 Å². The average molecular weight is 437 g/mol. The molecule has 0 heterocycles. The third-order valence-electron chi connectivity index (χ3n) is 4.09. The normalized spacial score (nSPS) is 10.8. The Morgan fingerprint density at radius 3 is 2.54 bits per heavy atom. The Kier molecular flexibility index (Phi) is 6.98. The van der Waals surface area contributed by atoms with Gasteiger partial charge in [-0.3, -0.25) is 9.79 Å². The van der Waals surface area contributed by atoms with Crippen molar-refractivity contribution in [1.29, 1.82) is 0 Å². The van der Waals surface area contributed by atoms with Crippen LogP contribution in [0.4, 0.5) is 11.4 Å². The Balaban J connectivity index is 1.67. The minimum absolute atomic E-state index is 0.0808. The van der Waals surface area contributed by atoms with E-state index in [4.69, 9.17) is 4.74 Å². The van der Waals surface area contributed by atoms with Crippen LogP contribution in [0.2, 0.25) is 0 Å². The summed E-state index contributed by atoms with van der Waals surface area (Å²) in [6.07, 6.45) is 2.74. The molecule has 28 heavy (non-hydrogen) atoms. The Morgan fingerprint density at radius 2 is 1.82 bits per heavy atom. The van der Waals surface area contributed by atoms with Gasteiger partial charge in [-0.1, -0.05) is 53.2 Å². The highest BCUT2D eigenvalue weighted by Crippen LogP contribution is 2.23. The molecule has 5 heteroatoms. The predicted octanol–water partition coefficient (Wildman–Crippen LogP) is 5.78. The average Bonchev–Trinajstić information content (AvgIpc) is 2.72. The summed E-state index contributed by atoms with van der Waals surface area (Å²) in [6.45, 7) is 2.04. The van der Waals surface area contributed by atoms with Crippen molar-refractivity contribution in [2.45, 2.75) is 13.3 Å². The van der Waals surface area contributed by atoms with E-state index in [2.05, 4.69) is 45.3 Å². The summed E-state index contributed by atoms with van der Waals surface area (Å²) in [5, 5.41) is 2.80. The lowest BCUT2D eigenvalue weighted by Crippen LogP contribution is -2.20. The van der Waals surface area contributed by atoms with Crippen LogP contribution < -0.4 is 10.1 Å². The number of amides is 1. The first-order valence-electron chi connectivity index (χ1n) is 9.04. The number of hydrogen-bond acceptors (Lipinski definition) is 3. The molecule has 142 valence electrons. The fourth-order valence-electron chi connectivity index (χ4n) is 2.58. The SMILES string of the molecule is CCc1ccc(N=Cc2cc(Br)ccc2OCC(=O)Nc2ccccc2)cc1. The molecule has 0 aliphatic carbocycles. The van der Waals surface area contributed by atoms with Gasteiger partial charge in [-0.25, -0.2) is 0 Å². The largest absolute Gasteiger partial charge is 0.483 e. The molecule has 0 saturated carbocycles. The van der Waals surface area contributed by atoms with Crippen LogP contribution in [0.5, 0.6) is 5.75 Å². The second-order valence-electron chi connectivity index (χ2n) is 6.16. The number of carbonyl (C=O) groups is 1. The van der Waals surface area contributed by atoms with E-state index in [0.29, 0.717) is 5.75 Å². The van der Waals surface area contributed by atoms with Gasteiger partial charge in [0.2, 0.25) is 0 Å². The van der Waals surface area contributed by atoms with Gasteiger partial charge in [0.25, 0.3) is 5.91 Å². The number of hydrogen-bond donors (Lipinski definition) is 1. The summed E-state index contributed by atoms with van der Waals surface area (Å²) in [5.41, 5.74) is 3.67. The number of nitrogens with one attached hydrogen (secondary N) is 1. The molecule has 3 aromatic rings. The Labute approximate surface area is 173 Å². The fraction of sp³-hybridized carbons (Fsp3) is 0.130. The van der Waals surface area contributed by atoms with Crippen LogP contribution in [0.25, 0.3) is 0 Å². The topological polar surface area (TPSA) is 50.7 Å². The quantitative estimate of drug-likeness (QED) is 0.477. The number of nitrogens with zero attached hydrogens (tertiary/aromatic N) is 1. The van der Waals surface area contributed by atoms with E-state index < -0.39 is 0 Å². The summed E-state index contributed by atoms with van der Waals surface area (Å²) < 4.78 is 6.64. The molecule has 0 spiro atoms. The molecule has 3 rings (SSSR count). The summed E-state index contributed by atoms with van der Waals surface area (Å²) in [6, 6.07) is 23.0. The predicted molar refractivity (Wildman–Crippen MR) is 118 cm³/mol. The number of anilines is 1. The number of halogens is 1. The summed E-state index contributed by atoms with van der Waals surface area (Å²) in [4.78, 5) is 16.6. The zero-order valence-electron chi connectivity index (χ0n) is 15.6. The molecule has 4 nitrogen and oxygen atoms in total. The van der Waals surface area contributed by atoms with Crippen molar-refractivity contribution in [3.8, 4) is 5.75 Å². The fourth-order valence-corrected chi connectivity index (χ4v) is 2.95. The van der Waals surface area contributed by atoms with Crippen LogP contribution in [0.15, 0.2) is 82.3 Å². The van der Waals surface area contributed by atoms with Crippen molar-refractivity contribution >= 4 is 39.4 Å². The molecule has 0 unspecified atom stereocenters. The minimum atomic E-state index is -0.216. The maximum Gasteiger partial charge on any atom is 0.262 e. The number of rotatable bonds is 7. The first kappa shape index (κ1) is 19.8. The van der Waals surface area contributed by atoms with Crippen LogP contribution in [0.1, 0.15) is 18.1 Å². The Bertz CT molecular complexity index is 954. The molecule has 0 fully saturated rings. The summed E-state index contributed by atoms with van der Waals surface area (Å²) >= 11 is 3.47. The van der Waals surface area contributed by atoms with E-state index in [-0.39, 0.29) is 12.5 Å². The summed E-state index contributed by atoms with van der Waals surface area (Å²) in [7, 11) is 0. The molecule has 3 aromatic carbocycles. The Hall–Kier alpha value is -2.92. The number of ether oxygens (including phenoxy) is 1. The van der Waals surface area contributed by atoms with Gasteiger partial charge in [0, 0.05) is 21.9 Å². The maximum absolute atomic E-state index is 12.1. The van der Waals surface area contributed by atoms with Crippen LogP contribution >= 0.6 is 15.9 Å². The molecule has 0 aliphatic rings. The van der Waals surface area contributed by atoms with Crippen molar-refractivity contribution in [3.63, 3.8) is 0 Å². The molecule has 1 amide bonds. The Morgan fingerprint density at radius 1 is 1.07 bits per heavy atom. The maximum atomic E-state index is 12.1. The molecular formula is C23H21BrN2O2. The standard InChI is InChI=1S/C23H21BrN2O2/c1-2-17-8-11-20(12-9-17)25-15-18-14-19(24)10-13-22(18)28-16-23(27)26-21-6-4-3-5-7-21/h3-15H,2,16H2,1H3,(H,26,27). The first-order chi connectivity index (χ1) is 13.6. The summed E-state index contributed by atoms with van der Waals surface area (Å²) in [5.74, 6) is 0.382. The second kappa shape index (κ2) is 9.85. The lowest BCUT2D eigenvalue weighted by Gasteiger charge is -2.10. The molecule has 1 N–H and O–H groups in total. The van der Waals surface area contributed by atoms with E-state index >= 15 is 0 Å². The van der Waals surface area contributed by atoms with Gasteiger partial charge in [0.15, 0.2) is 6.61 Å². The van der Waals surface area contributed by atoms with Gasteiger partial charge in [0.05, 0.1) is 5.69 Å². The molecule has 0 aliphatic heterocycles. The highest BCUT2D eigenvalue weighted by atomic mass is 79.9. The minimum Gasteiger partial charge on any atom is -0.483 e. The van der Waals surface area contributed by atoms with Crippen LogP contribution in [-0.4, -0.2) is 18.7 Å². The van der Waals surface area contributed by atoms with Crippen molar-refractivity contribution < 1.29 is 9.53 Å². The third kappa shape index (κ3) is 5.79. The number of carbonyl (C=O) groups excluding carboxylic acids is 1. The molecule has 0 atom stereocenters. The zero-order valence-corrected chi connectivity index (χ0v) is 17.1. The van der Waals surface area contributed by atoms with Gasteiger partial charge >= 0.3 is 0 Å². The highest BCUT2D eigenvalue weighted by molar-refractivity contribution is 9.10. The van der Waals surface area contributed by atoms with Crippen LogP contribution in [0, 0.1) is 0 Å². The molecule has 0 aromatic heterocycles. The van der Waals surface area contributed by atoms with Crippen LogP contribution in [-0.2, 0) is 11.2 Å². The van der Waals surface area contributed by atoms with Gasteiger partial charge in [-0.05, 0) is 54.4 Å². The van der Waals surface area contributed by atoms with Gasteiger partial charge in [0.1, 0.15) is 5.75 Å². The smallest absolute Gasteiger partial charge is 0.262 e. The van der Waals surface area contributed by atoms with E-state index in [1.165, 1.54) is 5.56 Å². The van der Waals surface area contributed by atoms with Gasteiger partial charge in [-0.2, -0.15) is 0 Å². The van der Waals surface area contributed by atoms with Crippen molar-refractivity contribution in [3.05, 3.63) is 88.4 Å². The number of benzene rings is 3. The zero-order chi connectivity index (χ0) is 19.8. The lowest BCUT2D eigenvalue weighted by atomic mass is 10.1. The lowest BCUT2D eigenvalue weighted by molar-refractivity contribution is -0.118. The molecule has 0 radical (unpaired) electrons. The van der Waals surface area contributed by atoms with Crippen LogP contribution in [0.3, 0.4) is 0 Å². The third-order valence-corrected chi connectivity index (χ3v) is 4.58. The number of aryl methyl sites for hydroxylation is 1. The molecular weight excluding hydrogens is 416 g/mol. The number of aliphatic imine (C=N–C) groups is 1. The molecule has 0 bridgehead atoms. The first-order valence-corrected chi connectivity index (χ1v) is 9.83. The number of para-hydroxylation sites is 1. The second-order valence-corrected chi connectivity index (χ2v) is 7.08.